The van der Waals surface area contributed by atoms with E-state index in [-0.39, 0.29) is 5.41 Å². The summed E-state index contributed by atoms with van der Waals surface area (Å²) in [7, 11) is 0. The zero-order valence-electron chi connectivity index (χ0n) is 8.18. The number of hydrogen-bond acceptors (Lipinski definition) is 3. The van der Waals surface area contributed by atoms with Crippen LogP contribution in [0.15, 0.2) is 0 Å². The van der Waals surface area contributed by atoms with E-state index >= 15 is 0 Å². The van der Waals surface area contributed by atoms with Crippen LogP contribution < -0.4 is 5.73 Å². The summed E-state index contributed by atoms with van der Waals surface area (Å²) in [5.41, 5.74) is 5.91. The van der Waals surface area contributed by atoms with Crippen LogP contribution in [0, 0.1) is 5.41 Å². The first kappa shape index (κ1) is 9.96. The van der Waals surface area contributed by atoms with Gasteiger partial charge in [0, 0.05) is 19.6 Å². The molecule has 1 aliphatic rings. The highest BCUT2D eigenvalue weighted by atomic mass is 16.5. The second kappa shape index (κ2) is 4.21. The number of hydrogen-bond donors (Lipinski definition) is 1. The van der Waals surface area contributed by atoms with Gasteiger partial charge in [-0.25, -0.2) is 0 Å². The molecule has 0 aromatic heterocycles. The molecule has 3 heteroatoms. The third-order valence-electron chi connectivity index (χ3n) is 2.31. The molecule has 0 bridgehead atoms. The molecule has 0 radical (unpaired) electrons. The normalized spacial score (nSPS) is 21.2. The Labute approximate surface area is 74.9 Å². The lowest BCUT2D eigenvalue weighted by molar-refractivity contribution is 0.0224. The Bertz CT molecular complexity index is 130. The predicted molar refractivity (Wildman–Crippen MR) is 50.1 cm³/mol. The van der Waals surface area contributed by atoms with Crippen LogP contribution in [0.2, 0.25) is 0 Å². The van der Waals surface area contributed by atoms with E-state index in [1.165, 1.54) is 0 Å². The summed E-state index contributed by atoms with van der Waals surface area (Å²) >= 11 is 0. The van der Waals surface area contributed by atoms with Crippen molar-refractivity contribution in [2.45, 2.75) is 13.8 Å². The van der Waals surface area contributed by atoms with Crippen LogP contribution in [-0.2, 0) is 4.74 Å². The monoisotopic (exact) mass is 172 g/mol. The molecule has 0 amide bonds. The Kier molecular flexibility index (Phi) is 3.50. The molecule has 1 fully saturated rings. The third-order valence-corrected chi connectivity index (χ3v) is 2.31. The molecule has 0 unspecified atom stereocenters. The van der Waals surface area contributed by atoms with Gasteiger partial charge in [-0.15, -0.1) is 0 Å². The fourth-order valence-corrected chi connectivity index (χ4v) is 1.43. The average molecular weight is 172 g/mol. The van der Waals surface area contributed by atoms with Crippen LogP contribution in [0.25, 0.3) is 0 Å². The molecular weight excluding hydrogens is 152 g/mol. The van der Waals surface area contributed by atoms with Crippen molar-refractivity contribution < 1.29 is 4.74 Å². The molecule has 1 heterocycles. The molecule has 0 aromatic carbocycles. The summed E-state index contributed by atoms with van der Waals surface area (Å²) in [5, 5.41) is 0. The Morgan fingerprint density at radius 3 is 2.42 bits per heavy atom. The molecule has 1 saturated heterocycles. The van der Waals surface area contributed by atoms with Gasteiger partial charge in [0.25, 0.3) is 0 Å². The Morgan fingerprint density at radius 2 is 1.92 bits per heavy atom. The van der Waals surface area contributed by atoms with Crippen molar-refractivity contribution in [1.29, 1.82) is 0 Å². The van der Waals surface area contributed by atoms with Crippen molar-refractivity contribution >= 4 is 0 Å². The maximum atomic E-state index is 5.67. The fourth-order valence-electron chi connectivity index (χ4n) is 1.43. The van der Waals surface area contributed by atoms with Gasteiger partial charge in [-0.05, 0) is 12.0 Å². The second-order valence-corrected chi connectivity index (χ2v) is 4.26. The SMILES string of the molecule is CC(C)(CN)CN1CCOCC1. The van der Waals surface area contributed by atoms with Crippen LogP contribution in [0.1, 0.15) is 13.8 Å². The van der Waals surface area contributed by atoms with Gasteiger partial charge in [0.05, 0.1) is 13.2 Å². The van der Waals surface area contributed by atoms with Crippen molar-refractivity contribution in [2.75, 3.05) is 39.4 Å². The first-order valence-corrected chi connectivity index (χ1v) is 4.64. The summed E-state index contributed by atoms with van der Waals surface area (Å²) < 4.78 is 5.27. The van der Waals surface area contributed by atoms with E-state index in [4.69, 9.17) is 10.5 Å². The summed E-state index contributed by atoms with van der Waals surface area (Å²) in [6, 6.07) is 0. The first-order chi connectivity index (χ1) is 5.64. The van der Waals surface area contributed by atoms with Crippen LogP contribution in [0.4, 0.5) is 0 Å². The zero-order chi connectivity index (χ0) is 9.03. The Balaban J connectivity index is 2.28. The summed E-state index contributed by atoms with van der Waals surface area (Å²) in [6.45, 7) is 10.1. The minimum absolute atomic E-state index is 0.247. The van der Waals surface area contributed by atoms with Gasteiger partial charge in [0.15, 0.2) is 0 Å². The molecule has 0 atom stereocenters. The molecular formula is C9H20N2O. The molecule has 2 N–H and O–H groups in total. The number of rotatable bonds is 3. The molecule has 0 aliphatic carbocycles. The number of ether oxygens (including phenoxy) is 1. The van der Waals surface area contributed by atoms with E-state index in [1.807, 2.05) is 0 Å². The number of nitrogens with zero attached hydrogens (tertiary/aromatic N) is 1. The highest BCUT2D eigenvalue weighted by molar-refractivity contribution is 4.75. The Morgan fingerprint density at radius 1 is 1.33 bits per heavy atom. The van der Waals surface area contributed by atoms with E-state index < -0.39 is 0 Å². The third kappa shape index (κ3) is 3.09. The van der Waals surface area contributed by atoms with Crippen LogP contribution in [0.3, 0.4) is 0 Å². The minimum Gasteiger partial charge on any atom is -0.379 e. The lowest BCUT2D eigenvalue weighted by Crippen LogP contribution is -2.44. The van der Waals surface area contributed by atoms with Gasteiger partial charge < -0.3 is 10.5 Å². The highest BCUT2D eigenvalue weighted by Gasteiger charge is 2.21. The molecule has 3 nitrogen and oxygen atoms in total. The van der Waals surface area contributed by atoms with E-state index in [2.05, 4.69) is 18.7 Å². The second-order valence-electron chi connectivity index (χ2n) is 4.26. The maximum absolute atomic E-state index is 5.67. The van der Waals surface area contributed by atoms with Gasteiger partial charge in [0.1, 0.15) is 0 Å². The van der Waals surface area contributed by atoms with Crippen molar-refractivity contribution in [3.05, 3.63) is 0 Å². The summed E-state index contributed by atoms with van der Waals surface area (Å²) in [6.07, 6.45) is 0. The molecule has 1 aliphatic heterocycles. The Hall–Kier alpha value is -0.120. The predicted octanol–water partition coefficient (Wildman–Crippen LogP) is 0.304. The van der Waals surface area contributed by atoms with Crippen LogP contribution >= 0.6 is 0 Å². The van der Waals surface area contributed by atoms with Crippen molar-refractivity contribution in [3.63, 3.8) is 0 Å². The van der Waals surface area contributed by atoms with Crippen LogP contribution in [-0.4, -0.2) is 44.3 Å². The zero-order valence-corrected chi connectivity index (χ0v) is 8.18. The van der Waals surface area contributed by atoms with E-state index in [0.717, 1.165) is 39.4 Å². The molecule has 1 rings (SSSR count). The smallest absolute Gasteiger partial charge is 0.0594 e. The summed E-state index contributed by atoms with van der Waals surface area (Å²) in [4.78, 5) is 2.43. The van der Waals surface area contributed by atoms with E-state index in [1.54, 1.807) is 0 Å². The lowest BCUT2D eigenvalue weighted by atomic mass is 9.93. The van der Waals surface area contributed by atoms with Crippen molar-refractivity contribution in [3.8, 4) is 0 Å². The lowest BCUT2D eigenvalue weighted by Gasteiger charge is -2.33. The van der Waals surface area contributed by atoms with Gasteiger partial charge in [0.2, 0.25) is 0 Å². The topological polar surface area (TPSA) is 38.5 Å². The standard InChI is InChI=1S/C9H20N2O/c1-9(2,7-10)8-11-3-5-12-6-4-11/h3-8,10H2,1-2H3. The fraction of sp³-hybridized carbons (Fsp3) is 1.00. The first-order valence-electron chi connectivity index (χ1n) is 4.64. The van der Waals surface area contributed by atoms with E-state index in [9.17, 15) is 0 Å². The van der Waals surface area contributed by atoms with Gasteiger partial charge in [-0.2, -0.15) is 0 Å². The number of morpholine rings is 1. The maximum Gasteiger partial charge on any atom is 0.0594 e. The largest absolute Gasteiger partial charge is 0.379 e. The van der Waals surface area contributed by atoms with Gasteiger partial charge in [-0.3, -0.25) is 4.90 Å². The minimum atomic E-state index is 0.247. The van der Waals surface area contributed by atoms with Crippen molar-refractivity contribution in [1.82, 2.24) is 4.90 Å². The highest BCUT2D eigenvalue weighted by Crippen LogP contribution is 2.15. The van der Waals surface area contributed by atoms with Gasteiger partial charge >= 0.3 is 0 Å². The average Bonchev–Trinajstić information content (AvgIpc) is 2.06. The van der Waals surface area contributed by atoms with Gasteiger partial charge in [-0.1, -0.05) is 13.8 Å². The van der Waals surface area contributed by atoms with Crippen molar-refractivity contribution in [2.24, 2.45) is 11.1 Å². The quantitative estimate of drug-likeness (QED) is 0.665. The molecule has 12 heavy (non-hydrogen) atoms. The van der Waals surface area contributed by atoms with Crippen LogP contribution in [0.5, 0.6) is 0 Å². The summed E-state index contributed by atoms with van der Waals surface area (Å²) in [5.74, 6) is 0. The number of nitrogens with two attached hydrogens (primary N) is 1. The van der Waals surface area contributed by atoms with E-state index in [0.29, 0.717) is 0 Å². The molecule has 0 spiro atoms. The molecule has 0 saturated carbocycles. The molecule has 0 aromatic rings. The molecule has 72 valence electrons.